The second-order valence-electron chi connectivity index (χ2n) is 3.88. The van der Waals surface area contributed by atoms with Crippen molar-refractivity contribution in [1.29, 1.82) is 0 Å². The second kappa shape index (κ2) is 6.50. The fraction of sp³-hybridized carbons (Fsp3) is 0.231. The van der Waals surface area contributed by atoms with Gasteiger partial charge in [0.25, 0.3) is 0 Å². The van der Waals surface area contributed by atoms with E-state index >= 15 is 0 Å². The molecule has 1 heterocycles. The van der Waals surface area contributed by atoms with Crippen LogP contribution in [0.25, 0.3) is 0 Å². The van der Waals surface area contributed by atoms with Crippen molar-refractivity contribution >= 4 is 40.5 Å². The zero-order valence-corrected chi connectivity index (χ0v) is 12.5. The normalized spacial score (nSPS) is 12.4. The maximum absolute atomic E-state index is 12.9. The van der Waals surface area contributed by atoms with Crippen molar-refractivity contribution in [3.05, 3.63) is 46.1 Å². The highest BCUT2D eigenvalue weighted by atomic mass is 35.5. The molecule has 0 amide bonds. The summed E-state index contributed by atoms with van der Waals surface area (Å²) >= 11 is 8.60. The largest absolute Gasteiger partial charge is 0.288 e. The molecule has 1 aromatic carbocycles. The first-order chi connectivity index (χ1) is 9.06. The van der Waals surface area contributed by atoms with E-state index in [1.165, 1.54) is 18.3 Å². The third kappa shape index (κ3) is 4.03. The molecule has 0 aliphatic carbocycles. The summed E-state index contributed by atoms with van der Waals surface area (Å²) in [5, 5.41) is 0.935. The lowest BCUT2D eigenvalue weighted by Gasteiger charge is -1.99. The molecule has 0 N–H and O–H groups in total. The molecule has 0 fully saturated rings. The summed E-state index contributed by atoms with van der Waals surface area (Å²) in [6.45, 7) is 1.23. The number of nitrogens with zero attached hydrogens (tertiary/aromatic N) is 1. The van der Waals surface area contributed by atoms with Crippen molar-refractivity contribution in [2.75, 3.05) is 0 Å². The Hall–Kier alpha value is -0.910. The highest BCUT2D eigenvalue weighted by molar-refractivity contribution is 8.00. The van der Waals surface area contributed by atoms with Crippen LogP contribution in [0.2, 0.25) is 5.02 Å². The van der Waals surface area contributed by atoms with Crippen LogP contribution in [0.1, 0.15) is 22.3 Å². The minimum Gasteiger partial charge on any atom is -0.288 e. The molecule has 0 radical (unpaired) electrons. The van der Waals surface area contributed by atoms with Gasteiger partial charge in [-0.25, -0.2) is 9.37 Å². The van der Waals surface area contributed by atoms with Gasteiger partial charge in [-0.3, -0.25) is 4.79 Å². The molecule has 0 aliphatic rings. The Morgan fingerprint density at radius 2 is 2.16 bits per heavy atom. The zero-order chi connectivity index (χ0) is 13.8. The van der Waals surface area contributed by atoms with Crippen LogP contribution in [0.3, 0.4) is 0 Å². The molecular weight excluding hydrogens is 305 g/mol. The van der Waals surface area contributed by atoms with Gasteiger partial charge in [-0.05, 0) is 24.6 Å². The first-order valence-electron chi connectivity index (χ1n) is 5.57. The molecule has 1 atom stereocenters. The summed E-state index contributed by atoms with van der Waals surface area (Å²) in [6.07, 6.45) is 0.112. The average Bonchev–Trinajstić information content (AvgIpc) is 2.86. The van der Waals surface area contributed by atoms with Crippen molar-refractivity contribution in [3.63, 3.8) is 0 Å². The number of hydrogen-bond donors (Lipinski definition) is 0. The number of aromatic nitrogens is 1. The van der Waals surface area contributed by atoms with E-state index in [2.05, 4.69) is 4.98 Å². The van der Waals surface area contributed by atoms with Gasteiger partial charge in [0.2, 0.25) is 5.78 Å². The van der Waals surface area contributed by atoms with E-state index < -0.39 is 12.0 Å². The van der Waals surface area contributed by atoms with E-state index in [0.717, 1.165) is 15.5 Å². The third-order valence-corrected chi connectivity index (χ3v) is 4.88. The fourth-order valence-corrected chi connectivity index (χ4v) is 3.41. The Balaban J connectivity index is 1.97. The highest BCUT2D eigenvalue weighted by Crippen LogP contribution is 2.29. The first-order valence-corrected chi connectivity index (χ1v) is 7.75. The lowest BCUT2D eigenvalue weighted by Crippen LogP contribution is -2.10. The molecule has 1 unspecified atom stereocenters. The van der Waals surface area contributed by atoms with Gasteiger partial charge in [0, 0.05) is 10.8 Å². The molecule has 2 aromatic rings. The van der Waals surface area contributed by atoms with Crippen LogP contribution in [0.4, 0.5) is 4.39 Å². The van der Waals surface area contributed by atoms with Gasteiger partial charge in [-0.2, -0.15) is 0 Å². The highest BCUT2D eigenvalue weighted by Gasteiger charge is 2.17. The SMILES string of the molecule is CC(F)C(=O)c1ncc(SCc2ccc(Cl)cc2)s1. The second-order valence-corrected chi connectivity index (χ2v) is 6.62. The van der Waals surface area contributed by atoms with Gasteiger partial charge in [0.15, 0.2) is 11.2 Å². The van der Waals surface area contributed by atoms with Gasteiger partial charge in [-0.1, -0.05) is 23.7 Å². The molecule has 0 saturated heterocycles. The van der Waals surface area contributed by atoms with E-state index in [-0.39, 0.29) is 5.01 Å². The Bertz CT molecular complexity index is 568. The van der Waals surface area contributed by atoms with E-state index in [0.29, 0.717) is 5.02 Å². The molecule has 19 heavy (non-hydrogen) atoms. The summed E-state index contributed by atoms with van der Waals surface area (Å²) in [4.78, 5) is 15.4. The Kier molecular flexibility index (Phi) is 4.96. The minimum atomic E-state index is -1.50. The number of thioether (sulfide) groups is 1. The molecule has 0 aliphatic heterocycles. The van der Waals surface area contributed by atoms with Crippen LogP contribution in [0, 0.1) is 0 Å². The van der Waals surface area contributed by atoms with Gasteiger partial charge in [-0.15, -0.1) is 23.1 Å². The number of Topliss-reactive ketones (excluding diaryl/α,β-unsaturated/α-hetero) is 1. The first kappa shape index (κ1) is 14.5. The van der Waals surface area contributed by atoms with Crippen LogP contribution >= 0.6 is 34.7 Å². The predicted octanol–water partition coefficient (Wildman–Crippen LogP) is 4.63. The van der Waals surface area contributed by atoms with Gasteiger partial charge in [0.1, 0.15) is 0 Å². The zero-order valence-electron chi connectivity index (χ0n) is 10.1. The van der Waals surface area contributed by atoms with Gasteiger partial charge < -0.3 is 0 Å². The van der Waals surface area contributed by atoms with E-state index in [1.54, 1.807) is 18.0 Å². The molecule has 0 spiro atoms. The number of carbonyl (C=O) groups is 1. The fourth-order valence-electron chi connectivity index (χ4n) is 1.35. The van der Waals surface area contributed by atoms with Crippen LogP contribution in [-0.4, -0.2) is 16.9 Å². The lowest BCUT2D eigenvalue weighted by atomic mass is 10.2. The number of halogens is 2. The van der Waals surface area contributed by atoms with Gasteiger partial charge in [0.05, 0.1) is 10.4 Å². The molecule has 0 saturated carbocycles. The lowest BCUT2D eigenvalue weighted by molar-refractivity contribution is 0.0892. The van der Waals surface area contributed by atoms with Crippen molar-refractivity contribution < 1.29 is 9.18 Å². The van der Waals surface area contributed by atoms with Crippen LogP contribution in [0.5, 0.6) is 0 Å². The maximum Gasteiger partial charge on any atom is 0.225 e. The van der Waals surface area contributed by atoms with E-state index in [9.17, 15) is 9.18 Å². The predicted molar refractivity (Wildman–Crippen MR) is 78.0 cm³/mol. The molecule has 0 bridgehead atoms. The maximum atomic E-state index is 12.9. The van der Waals surface area contributed by atoms with Gasteiger partial charge >= 0.3 is 0 Å². The molecule has 6 heteroatoms. The molecule has 100 valence electrons. The molecule has 2 nitrogen and oxygen atoms in total. The van der Waals surface area contributed by atoms with Crippen molar-refractivity contribution in [1.82, 2.24) is 4.98 Å². The number of thiazole rings is 1. The number of carbonyl (C=O) groups excluding carboxylic acids is 1. The topological polar surface area (TPSA) is 30.0 Å². The Morgan fingerprint density at radius 1 is 1.47 bits per heavy atom. The Morgan fingerprint density at radius 3 is 2.79 bits per heavy atom. The van der Waals surface area contributed by atoms with Crippen LogP contribution in [-0.2, 0) is 5.75 Å². The number of rotatable bonds is 5. The summed E-state index contributed by atoms with van der Waals surface area (Å²) < 4.78 is 13.8. The minimum absolute atomic E-state index is 0.230. The smallest absolute Gasteiger partial charge is 0.225 e. The summed E-state index contributed by atoms with van der Waals surface area (Å²) in [5.74, 6) is 0.210. The standard InChI is InChI=1S/C13H11ClFNOS2/c1-8(15)12(17)13-16-6-11(19-13)18-7-9-2-4-10(14)5-3-9/h2-6,8H,7H2,1H3. The molecular formula is C13H11ClFNOS2. The van der Waals surface area contributed by atoms with E-state index in [1.807, 2.05) is 24.3 Å². The van der Waals surface area contributed by atoms with Crippen molar-refractivity contribution in [2.24, 2.45) is 0 Å². The molecule has 1 aromatic heterocycles. The van der Waals surface area contributed by atoms with Crippen molar-refractivity contribution in [3.8, 4) is 0 Å². The average molecular weight is 316 g/mol. The summed E-state index contributed by atoms with van der Waals surface area (Å²) in [7, 11) is 0. The van der Waals surface area contributed by atoms with Crippen molar-refractivity contribution in [2.45, 2.75) is 23.1 Å². The number of ketones is 1. The third-order valence-electron chi connectivity index (χ3n) is 2.35. The van der Waals surface area contributed by atoms with Crippen LogP contribution in [0.15, 0.2) is 34.7 Å². The number of alkyl halides is 1. The molecule has 2 rings (SSSR count). The summed E-state index contributed by atoms with van der Waals surface area (Å²) in [5.41, 5.74) is 1.13. The monoisotopic (exact) mass is 315 g/mol. The summed E-state index contributed by atoms with van der Waals surface area (Å²) in [6, 6.07) is 7.58. The quantitative estimate of drug-likeness (QED) is 0.595. The van der Waals surface area contributed by atoms with E-state index in [4.69, 9.17) is 11.6 Å². The Labute approximate surface area is 124 Å². The van der Waals surface area contributed by atoms with Crippen LogP contribution < -0.4 is 0 Å². The number of hydrogen-bond acceptors (Lipinski definition) is 4. The number of benzene rings is 1.